The highest BCUT2D eigenvalue weighted by Gasteiger charge is 2.14. The molecular formula is C11H24N2O3S. The van der Waals surface area contributed by atoms with E-state index in [4.69, 9.17) is 4.74 Å². The zero-order chi connectivity index (χ0) is 12.6. The van der Waals surface area contributed by atoms with Gasteiger partial charge in [0.25, 0.3) is 0 Å². The van der Waals surface area contributed by atoms with Crippen LogP contribution in [0, 0.1) is 0 Å². The summed E-state index contributed by atoms with van der Waals surface area (Å²) in [6.07, 6.45) is 6.35. The fraction of sp³-hybridized carbons (Fsp3) is 1.00. The van der Waals surface area contributed by atoms with Crippen LogP contribution in [0.1, 0.15) is 32.1 Å². The summed E-state index contributed by atoms with van der Waals surface area (Å²) in [5, 5.41) is 2.82. The van der Waals surface area contributed by atoms with E-state index in [1.165, 1.54) is 19.3 Å². The third-order valence-corrected chi connectivity index (χ3v) is 4.34. The molecule has 1 aliphatic carbocycles. The van der Waals surface area contributed by atoms with Crippen LogP contribution < -0.4 is 10.0 Å². The smallest absolute Gasteiger partial charge is 0.212 e. The van der Waals surface area contributed by atoms with E-state index in [9.17, 15) is 8.42 Å². The minimum absolute atomic E-state index is 0.118. The van der Waals surface area contributed by atoms with E-state index in [2.05, 4.69) is 10.0 Å². The minimum Gasteiger partial charge on any atom is -0.377 e. The average molecular weight is 264 g/mol. The Labute approximate surface area is 104 Å². The van der Waals surface area contributed by atoms with Crippen molar-refractivity contribution in [2.45, 2.75) is 38.2 Å². The summed E-state index contributed by atoms with van der Waals surface area (Å²) in [5.74, 6) is 0.118. The Hall–Kier alpha value is -0.170. The number of hydrogen-bond donors (Lipinski definition) is 2. The van der Waals surface area contributed by atoms with Crippen LogP contribution in [0.25, 0.3) is 0 Å². The van der Waals surface area contributed by atoms with Gasteiger partial charge in [0.15, 0.2) is 0 Å². The number of sulfonamides is 1. The summed E-state index contributed by atoms with van der Waals surface area (Å²) in [7, 11) is -1.40. The molecule has 1 saturated carbocycles. The van der Waals surface area contributed by atoms with E-state index < -0.39 is 10.0 Å². The molecule has 0 aromatic heterocycles. The molecule has 0 aromatic rings. The number of rotatable bonds is 8. The average Bonchev–Trinajstić information content (AvgIpc) is 2.34. The van der Waals surface area contributed by atoms with Gasteiger partial charge in [0.1, 0.15) is 0 Å². The number of nitrogens with one attached hydrogen (secondary N) is 2. The first-order chi connectivity index (χ1) is 8.14. The Morgan fingerprint density at radius 2 is 1.88 bits per heavy atom. The molecule has 17 heavy (non-hydrogen) atoms. The van der Waals surface area contributed by atoms with Crippen molar-refractivity contribution >= 4 is 10.0 Å². The molecule has 1 fully saturated rings. The first-order valence-electron chi connectivity index (χ1n) is 6.37. The maximum atomic E-state index is 11.4. The first kappa shape index (κ1) is 14.9. The molecule has 102 valence electrons. The van der Waals surface area contributed by atoms with Crippen molar-refractivity contribution in [3.05, 3.63) is 0 Å². The van der Waals surface area contributed by atoms with Gasteiger partial charge in [-0.05, 0) is 19.9 Å². The molecular weight excluding hydrogens is 240 g/mol. The lowest BCUT2D eigenvalue weighted by molar-refractivity contribution is 0.0321. The molecule has 0 heterocycles. The summed E-state index contributed by atoms with van der Waals surface area (Å²) < 4.78 is 31.0. The molecule has 0 bridgehead atoms. The standard InChI is InChI=1S/C11H24N2O3S/c1-12-8-10-17(14,15)13-7-9-16-11-5-3-2-4-6-11/h11-13H,2-10H2,1H3. The lowest BCUT2D eigenvalue weighted by Crippen LogP contribution is -2.33. The predicted molar refractivity (Wildman–Crippen MR) is 68.5 cm³/mol. The van der Waals surface area contributed by atoms with Gasteiger partial charge in [-0.25, -0.2) is 13.1 Å². The first-order valence-corrected chi connectivity index (χ1v) is 8.03. The highest BCUT2D eigenvalue weighted by atomic mass is 32.2. The lowest BCUT2D eigenvalue weighted by atomic mass is 9.98. The Kier molecular flexibility index (Phi) is 7.03. The van der Waals surface area contributed by atoms with Crippen molar-refractivity contribution in [1.29, 1.82) is 0 Å². The molecule has 5 nitrogen and oxygen atoms in total. The van der Waals surface area contributed by atoms with E-state index in [0.29, 0.717) is 25.8 Å². The normalized spacial score (nSPS) is 18.4. The highest BCUT2D eigenvalue weighted by Crippen LogP contribution is 2.19. The maximum Gasteiger partial charge on any atom is 0.212 e. The zero-order valence-electron chi connectivity index (χ0n) is 10.6. The third-order valence-electron chi connectivity index (χ3n) is 2.95. The topological polar surface area (TPSA) is 67.4 Å². The van der Waals surface area contributed by atoms with Gasteiger partial charge in [0, 0.05) is 13.1 Å². The van der Waals surface area contributed by atoms with Crippen LogP contribution in [0.5, 0.6) is 0 Å². The van der Waals surface area contributed by atoms with Crippen LogP contribution in [0.3, 0.4) is 0 Å². The van der Waals surface area contributed by atoms with E-state index in [0.717, 1.165) is 12.8 Å². The molecule has 1 rings (SSSR count). The van der Waals surface area contributed by atoms with Gasteiger partial charge in [-0.2, -0.15) is 0 Å². The SMILES string of the molecule is CNCCS(=O)(=O)NCCOC1CCCCC1. The van der Waals surface area contributed by atoms with Crippen LogP contribution in [0.2, 0.25) is 0 Å². The second-order valence-electron chi connectivity index (χ2n) is 4.45. The molecule has 0 aromatic carbocycles. The molecule has 0 unspecified atom stereocenters. The van der Waals surface area contributed by atoms with Crippen molar-refractivity contribution in [3.8, 4) is 0 Å². The Morgan fingerprint density at radius 3 is 2.53 bits per heavy atom. The van der Waals surface area contributed by atoms with Crippen LogP contribution in [-0.2, 0) is 14.8 Å². The van der Waals surface area contributed by atoms with Crippen LogP contribution >= 0.6 is 0 Å². The Morgan fingerprint density at radius 1 is 1.18 bits per heavy atom. The summed E-state index contributed by atoms with van der Waals surface area (Å²) in [4.78, 5) is 0. The van der Waals surface area contributed by atoms with Crippen LogP contribution in [0.4, 0.5) is 0 Å². The number of ether oxygens (including phenoxy) is 1. The lowest BCUT2D eigenvalue weighted by Gasteiger charge is -2.21. The highest BCUT2D eigenvalue weighted by molar-refractivity contribution is 7.89. The van der Waals surface area contributed by atoms with E-state index >= 15 is 0 Å². The van der Waals surface area contributed by atoms with E-state index in [-0.39, 0.29) is 5.75 Å². The third kappa shape index (κ3) is 6.98. The molecule has 6 heteroatoms. The van der Waals surface area contributed by atoms with Crippen molar-refractivity contribution < 1.29 is 13.2 Å². The van der Waals surface area contributed by atoms with Gasteiger partial charge in [0.2, 0.25) is 10.0 Å². The minimum atomic E-state index is -3.14. The summed E-state index contributed by atoms with van der Waals surface area (Å²) in [6.45, 7) is 1.32. The molecule has 1 aliphatic rings. The van der Waals surface area contributed by atoms with E-state index in [1.807, 2.05) is 0 Å². The van der Waals surface area contributed by atoms with Gasteiger partial charge < -0.3 is 10.1 Å². The van der Waals surface area contributed by atoms with Crippen molar-refractivity contribution in [1.82, 2.24) is 10.0 Å². The Balaban J connectivity index is 2.06. The van der Waals surface area contributed by atoms with Gasteiger partial charge in [-0.15, -0.1) is 0 Å². The second kappa shape index (κ2) is 8.02. The van der Waals surface area contributed by atoms with Crippen LogP contribution in [-0.4, -0.2) is 47.0 Å². The van der Waals surface area contributed by atoms with Crippen LogP contribution in [0.15, 0.2) is 0 Å². The van der Waals surface area contributed by atoms with Gasteiger partial charge in [-0.3, -0.25) is 0 Å². The fourth-order valence-corrected chi connectivity index (χ4v) is 2.97. The second-order valence-corrected chi connectivity index (χ2v) is 6.37. The zero-order valence-corrected chi connectivity index (χ0v) is 11.4. The maximum absolute atomic E-state index is 11.4. The fourth-order valence-electron chi connectivity index (χ4n) is 1.96. The quantitative estimate of drug-likeness (QED) is 0.626. The molecule has 0 saturated heterocycles. The monoisotopic (exact) mass is 264 g/mol. The molecule has 2 N–H and O–H groups in total. The summed E-state index contributed by atoms with van der Waals surface area (Å²) in [6, 6.07) is 0. The molecule has 0 spiro atoms. The summed E-state index contributed by atoms with van der Waals surface area (Å²) in [5.41, 5.74) is 0. The van der Waals surface area contributed by atoms with Crippen molar-refractivity contribution in [3.63, 3.8) is 0 Å². The van der Waals surface area contributed by atoms with Gasteiger partial charge in [0.05, 0.1) is 18.5 Å². The van der Waals surface area contributed by atoms with Crippen molar-refractivity contribution in [2.75, 3.05) is 32.5 Å². The van der Waals surface area contributed by atoms with Gasteiger partial charge >= 0.3 is 0 Å². The number of hydrogen-bond acceptors (Lipinski definition) is 4. The molecule has 0 amide bonds. The molecule has 0 atom stereocenters. The summed E-state index contributed by atoms with van der Waals surface area (Å²) >= 11 is 0. The Bertz CT molecular complexity index is 287. The largest absolute Gasteiger partial charge is 0.377 e. The van der Waals surface area contributed by atoms with Gasteiger partial charge in [-0.1, -0.05) is 19.3 Å². The van der Waals surface area contributed by atoms with Crippen molar-refractivity contribution in [2.24, 2.45) is 0 Å². The predicted octanol–water partition coefficient (Wildman–Crippen LogP) is 0.475. The molecule has 0 radical (unpaired) electrons. The molecule has 0 aliphatic heterocycles. The van der Waals surface area contributed by atoms with E-state index in [1.54, 1.807) is 7.05 Å².